The van der Waals surface area contributed by atoms with E-state index in [1.807, 2.05) is 4.90 Å². The number of carbonyl (C=O) groups is 2. The number of nitrogens with one attached hydrogen (secondary N) is 2. The summed E-state index contributed by atoms with van der Waals surface area (Å²) in [6.45, 7) is 4.88. The zero-order valence-corrected chi connectivity index (χ0v) is 20.3. The third kappa shape index (κ3) is 5.54. The second kappa shape index (κ2) is 10.8. The fraction of sp³-hybridized carbons (Fsp3) is 0.348. The maximum atomic E-state index is 13.3. The van der Waals surface area contributed by atoms with Crippen LogP contribution in [0.3, 0.4) is 0 Å². The summed E-state index contributed by atoms with van der Waals surface area (Å²) in [5, 5.41) is 3.27. The molecule has 12 nitrogen and oxygen atoms in total. The van der Waals surface area contributed by atoms with Gasteiger partial charge in [0.2, 0.25) is 5.95 Å². The molecule has 0 radical (unpaired) electrons. The van der Waals surface area contributed by atoms with Crippen molar-refractivity contribution in [3.05, 3.63) is 40.2 Å². The molecule has 3 aromatic rings. The number of hydrogen-bond acceptors (Lipinski definition) is 9. The van der Waals surface area contributed by atoms with Gasteiger partial charge in [0.25, 0.3) is 11.5 Å². The Balaban J connectivity index is 1.58. The lowest BCUT2D eigenvalue weighted by atomic mass is 10.2. The quantitative estimate of drug-likeness (QED) is 0.366. The van der Waals surface area contributed by atoms with Gasteiger partial charge in [0, 0.05) is 38.8 Å². The predicted octanol–water partition coefficient (Wildman–Crippen LogP) is 1.11. The number of hydroxylamine groups is 1. The fourth-order valence-electron chi connectivity index (χ4n) is 3.62. The molecular weight excluding hydrogens is 511 g/mol. The first-order chi connectivity index (χ1) is 18.1. The van der Waals surface area contributed by atoms with Crippen molar-refractivity contribution in [1.82, 2.24) is 29.9 Å². The topological polar surface area (TPSA) is 133 Å². The van der Waals surface area contributed by atoms with Gasteiger partial charge in [0.15, 0.2) is 11.2 Å². The van der Waals surface area contributed by atoms with Crippen molar-refractivity contribution in [2.75, 3.05) is 31.1 Å². The molecule has 0 aliphatic carbocycles. The van der Waals surface area contributed by atoms with Gasteiger partial charge in [-0.2, -0.15) is 28.6 Å². The van der Waals surface area contributed by atoms with Crippen molar-refractivity contribution < 1.29 is 32.3 Å². The standard InChI is InChI=1S/C23H22F3N7O5/c1-3-4-11-33-16-17(28-21(33)32-12-9-27-10-13-32)29-22(31(2)19(16)35)37-15-7-5-14(6-8-15)18(34)30-38-20(36)23(24,25)26/h5-8,27H,9-13H2,1-2H3,(H,30,34). The zero-order chi connectivity index (χ0) is 27.4. The van der Waals surface area contributed by atoms with E-state index >= 15 is 0 Å². The normalized spacial score (nSPS) is 13.6. The van der Waals surface area contributed by atoms with Crippen LogP contribution in [-0.2, 0) is 23.2 Å². The van der Waals surface area contributed by atoms with Gasteiger partial charge < -0.3 is 19.8 Å². The average molecular weight is 533 g/mol. The fourth-order valence-corrected chi connectivity index (χ4v) is 3.62. The summed E-state index contributed by atoms with van der Waals surface area (Å²) in [7, 11) is 1.48. The Labute approximate surface area is 213 Å². The monoisotopic (exact) mass is 533 g/mol. The maximum Gasteiger partial charge on any atom is 0.493 e. The van der Waals surface area contributed by atoms with Crippen LogP contribution in [0.2, 0.25) is 0 Å². The van der Waals surface area contributed by atoms with E-state index < -0.39 is 23.6 Å². The summed E-state index contributed by atoms with van der Waals surface area (Å²) >= 11 is 0. The molecule has 2 aromatic heterocycles. The number of fused-ring (bicyclic) bond motifs is 1. The number of nitrogens with zero attached hydrogens (tertiary/aromatic N) is 5. The minimum atomic E-state index is -5.25. The number of ether oxygens (including phenoxy) is 1. The van der Waals surface area contributed by atoms with Crippen molar-refractivity contribution in [1.29, 1.82) is 0 Å². The highest BCUT2D eigenvalue weighted by molar-refractivity contribution is 5.94. The number of benzene rings is 1. The molecule has 1 aliphatic heterocycles. The second-order valence-electron chi connectivity index (χ2n) is 8.04. The highest BCUT2D eigenvalue weighted by atomic mass is 19.4. The molecule has 0 saturated carbocycles. The summed E-state index contributed by atoms with van der Waals surface area (Å²) in [4.78, 5) is 50.8. The average Bonchev–Trinajstić information content (AvgIpc) is 3.27. The van der Waals surface area contributed by atoms with E-state index in [9.17, 15) is 27.6 Å². The van der Waals surface area contributed by atoms with Crippen molar-refractivity contribution >= 4 is 29.0 Å². The summed E-state index contributed by atoms with van der Waals surface area (Å²) in [6, 6.07) is 5.04. The number of piperazine rings is 1. The number of carbonyl (C=O) groups excluding carboxylic acids is 2. The lowest BCUT2D eigenvalue weighted by Crippen LogP contribution is -2.44. The molecule has 1 amide bonds. The van der Waals surface area contributed by atoms with E-state index in [1.54, 1.807) is 11.5 Å². The molecule has 200 valence electrons. The number of halogens is 3. The Morgan fingerprint density at radius 2 is 1.84 bits per heavy atom. The molecule has 0 bridgehead atoms. The van der Waals surface area contributed by atoms with Gasteiger partial charge in [-0.1, -0.05) is 5.92 Å². The Morgan fingerprint density at radius 3 is 2.47 bits per heavy atom. The Kier molecular flexibility index (Phi) is 7.53. The number of aromatic nitrogens is 4. The van der Waals surface area contributed by atoms with Crippen LogP contribution in [-0.4, -0.2) is 63.3 Å². The molecule has 38 heavy (non-hydrogen) atoms. The van der Waals surface area contributed by atoms with E-state index in [1.165, 1.54) is 41.4 Å². The molecule has 1 saturated heterocycles. The SMILES string of the molecule is CC#CCn1c(N2CCNCC2)nc2nc(Oc3ccc(C(=O)NOC(=O)C(F)(F)F)cc3)n(C)c(=O)c21. The van der Waals surface area contributed by atoms with Crippen LogP contribution in [0.4, 0.5) is 19.1 Å². The summed E-state index contributed by atoms with van der Waals surface area (Å²) < 4.78 is 45.3. The highest BCUT2D eigenvalue weighted by Gasteiger charge is 2.42. The second-order valence-corrected chi connectivity index (χ2v) is 8.04. The lowest BCUT2D eigenvalue weighted by molar-refractivity contribution is -0.204. The number of imidazole rings is 1. The van der Waals surface area contributed by atoms with E-state index in [2.05, 4.69) is 32.0 Å². The first-order valence-electron chi connectivity index (χ1n) is 11.3. The highest BCUT2D eigenvalue weighted by Crippen LogP contribution is 2.24. The van der Waals surface area contributed by atoms with Gasteiger partial charge in [0.1, 0.15) is 5.75 Å². The lowest BCUT2D eigenvalue weighted by Gasteiger charge is -2.28. The molecule has 2 N–H and O–H groups in total. The molecule has 0 spiro atoms. The predicted molar refractivity (Wildman–Crippen MR) is 127 cm³/mol. The molecule has 15 heteroatoms. The van der Waals surface area contributed by atoms with E-state index in [0.717, 1.165) is 13.1 Å². The Hall–Kier alpha value is -4.58. The number of alkyl halides is 3. The molecule has 1 fully saturated rings. The Bertz CT molecular complexity index is 1480. The van der Waals surface area contributed by atoms with Crippen LogP contribution in [0.1, 0.15) is 17.3 Å². The molecule has 0 atom stereocenters. The smallest absolute Gasteiger partial charge is 0.425 e. The number of rotatable bonds is 5. The van der Waals surface area contributed by atoms with Crippen LogP contribution < -0.4 is 26.0 Å². The summed E-state index contributed by atoms with van der Waals surface area (Å²) in [5.41, 5.74) is 1.36. The van der Waals surface area contributed by atoms with Crippen LogP contribution in [0.5, 0.6) is 11.8 Å². The molecule has 0 unspecified atom stereocenters. The van der Waals surface area contributed by atoms with Gasteiger partial charge in [-0.05, 0) is 31.2 Å². The summed E-state index contributed by atoms with van der Waals surface area (Å²) in [6.07, 6.45) is -5.25. The van der Waals surface area contributed by atoms with Gasteiger partial charge >= 0.3 is 18.2 Å². The van der Waals surface area contributed by atoms with Crippen molar-refractivity contribution in [2.24, 2.45) is 7.05 Å². The van der Waals surface area contributed by atoms with E-state index in [4.69, 9.17) is 4.74 Å². The third-order valence-electron chi connectivity index (χ3n) is 5.53. The van der Waals surface area contributed by atoms with Crippen LogP contribution in [0, 0.1) is 11.8 Å². The van der Waals surface area contributed by atoms with Crippen LogP contribution in [0.15, 0.2) is 29.1 Å². The third-order valence-corrected chi connectivity index (χ3v) is 5.53. The molecular formula is C23H22F3N7O5. The van der Waals surface area contributed by atoms with Crippen molar-refractivity contribution in [2.45, 2.75) is 19.6 Å². The number of anilines is 1. The first-order valence-corrected chi connectivity index (χ1v) is 11.3. The van der Waals surface area contributed by atoms with Crippen molar-refractivity contribution in [3.63, 3.8) is 0 Å². The van der Waals surface area contributed by atoms with Gasteiger partial charge in [-0.3, -0.25) is 18.7 Å². The first kappa shape index (κ1) is 26.5. The van der Waals surface area contributed by atoms with Crippen molar-refractivity contribution in [3.8, 4) is 23.6 Å². The minimum absolute atomic E-state index is 0.0723. The number of amides is 1. The minimum Gasteiger partial charge on any atom is -0.425 e. The molecule has 3 heterocycles. The van der Waals surface area contributed by atoms with E-state index in [-0.39, 0.29) is 35.0 Å². The largest absolute Gasteiger partial charge is 0.493 e. The van der Waals surface area contributed by atoms with Gasteiger partial charge in [-0.15, -0.1) is 5.92 Å². The zero-order valence-electron chi connectivity index (χ0n) is 20.3. The molecule has 1 aromatic carbocycles. The van der Waals surface area contributed by atoms with Gasteiger partial charge in [0.05, 0.1) is 6.54 Å². The summed E-state index contributed by atoms with van der Waals surface area (Å²) in [5.74, 6) is 2.91. The Morgan fingerprint density at radius 1 is 1.16 bits per heavy atom. The molecule has 4 rings (SSSR count). The maximum absolute atomic E-state index is 13.3. The molecule has 1 aliphatic rings. The van der Waals surface area contributed by atoms with Crippen LogP contribution >= 0.6 is 0 Å². The number of hydrogen-bond donors (Lipinski definition) is 2. The van der Waals surface area contributed by atoms with Gasteiger partial charge in [-0.25, -0.2) is 4.79 Å². The van der Waals surface area contributed by atoms with Crippen LogP contribution in [0.25, 0.3) is 11.2 Å². The van der Waals surface area contributed by atoms with E-state index in [0.29, 0.717) is 19.0 Å².